The van der Waals surface area contributed by atoms with Crippen molar-refractivity contribution in [1.29, 1.82) is 0 Å². The molecular weight excluding hydrogens is 571 g/mol. The monoisotopic (exact) mass is 601 g/mol. The Morgan fingerprint density at radius 3 is 2.66 bits per heavy atom. The van der Waals surface area contributed by atoms with Crippen LogP contribution in [-0.4, -0.2) is 108 Å². The summed E-state index contributed by atoms with van der Waals surface area (Å²) in [7, 11) is 0. The largest absolute Gasteiger partial charge is 0.477 e. The topological polar surface area (TPSA) is 189 Å². The summed E-state index contributed by atoms with van der Waals surface area (Å²) in [6.07, 6.45) is -3.55. The lowest BCUT2D eigenvalue weighted by atomic mass is 9.78. The third-order valence-corrected chi connectivity index (χ3v) is 9.44. The van der Waals surface area contributed by atoms with Gasteiger partial charge in [-0.2, -0.15) is 18.0 Å². The number of amides is 3. The predicted molar refractivity (Wildman–Crippen MR) is 135 cm³/mol. The highest BCUT2D eigenvalue weighted by Crippen LogP contribution is 2.51. The van der Waals surface area contributed by atoms with Crippen molar-refractivity contribution in [2.24, 2.45) is 17.6 Å². The molecule has 3 amide bonds. The van der Waals surface area contributed by atoms with E-state index in [9.17, 15) is 37.5 Å². The molecule has 224 valence electrons. The number of carboxylic acids is 1. The van der Waals surface area contributed by atoms with Crippen molar-refractivity contribution in [2.75, 3.05) is 19.6 Å². The van der Waals surface area contributed by atoms with Crippen LogP contribution in [0.2, 0.25) is 0 Å². The number of alkyl halides is 3. The second-order valence-corrected chi connectivity index (χ2v) is 12.1. The maximum Gasteiger partial charge on any atom is 0.455 e. The molecule has 1 aromatic rings. The lowest BCUT2D eigenvalue weighted by molar-refractivity contribution is -0.158. The Balaban J connectivity index is 1.21. The van der Waals surface area contributed by atoms with Crippen LogP contribution in [0.1, 0.15) is 32.5 Å². The van der Waals surface area contributed by atoms with Gasteiger partial charge >= 0.3 is 12.1 Å². The quantitative estimate of drug-likeness (QED) is 0.267. The Bertz CT molecular complexity index is 1290. The Morgan fingerprint density at radius 2 is 2.05 bits per heavy atom. The zero-order chi connectivity index (χ0) is 29.8. The van der Waals surface area contributed by atoms with Gasteiger partial charge < -0.3 is 31.3 Å². The Labute approximate surface area is 236 Å². The van der Waals surface area contributed by atoms with E-state index in [0.717, 1.165) is 6.42 Å². The molecule has 3 saturated heterocycles. The minimum atomic E-state index is -4.81. The number of carbonyl (C=O) groups excluding carboxylic acids is 3. The smallest absolute Gasteiger partial charge is 0.455 e. The average molecular weight is 602 g/mol. The standard InChI is InChI=1S/C23H30F3N9O5S/c1-9-16-15(10(2)29-14(36)8-34-31-22(30-32-34)23(24,25)26)20(38)35(16)17(21(39)40)18(9)41-12-5-13(28-6-12)19(37)33-4-3-11(27)7-33/h9-13,15-16,28H,3-8,27H2,1-2H3,(H,29,36)(H,39,40)/t9-,10-,11?,12+,13?,15-,16-/m1/s1. The number of hydrogen-bond donors (Lipinski definition) is 4. The number of hydrogen-bond acceptors (Lipinski definition) is 10. The van der Waals surface area contributed by atoms with Gasteiger partial charge in [0.1, 0.15) is 12.2 Å². The molecule has 0 bridgehead atoms. The van der Waals surface area contributed by atoms with Crippen molar-refractivity contribution in [3.63, 3.8) is 0 Å². The van der Waals surface area contributed by atoms with Crippen molar-refractivity contribution in [3.8, 4) is 0 Å². The first-order valence-electron chi connectivity index (χ1n) is 13.2. The zero-order valence-corrected chi connectivity index (χ0v) is 23.0. The third-order valence-electron chi connectivity index (χ3n) is 7.93. The highest BCUT2D eigenvalue weighted by Gasteiger charge is 2.60. The molecule has 5 rings (SSSR count). The van der Waals surface area contributed by atoms with Gasteiger partial charge in [-0.15, -0.1) is 22.0 Å². The van der Waals surface area contributed by atoms with Gasteiger partial charge in [0.25, 0.3) is 5.82 Å². The lowest BCUT2D eigenvalue weighted by Gasteiger charge is -2.47. The van der Waals surface area contributed by atoms with Crippen LogP contribution in [0.5, 0.6) is 0 Å². The summed E-state index contributed by atoms with van der Waals surface area (Å²) >= 11 is 1.35. The molecule has 3 fully saturated rings. The van der Waals surface area contributed by atoms with Crippen LogP contribution in [0.15, 0.2) is 10.6 Å². The van der Waals surface area contributed by atoms with E-state index in [-0.39, 0.29) is 28.8 Å². The fourth-order valence-electron chi connectivity index (χ4n) is 6.01. The molecule has 41 heavy (non-hydrogen) atoms. The van der Waals surface area contributed by atoms with Crippen LogP contribution in [0.25, 0.3) is 0 Å². The van der Waals surface area contributed by atoms with Crippen molar-refractivity contribution in [3.05, 3.63) is 16.4 Å². The number of thioether (sulfide) groups is 1. The molecule has 14 nitrogen and oxygen atoms in total. The third kappa shape index (κ3) is 5.51. The van der Waals surface area contributed by atoms with Gasteiger partial charge in [0, 0.05) is 47.8 Å². The van der Waals surface area contributed by atoms with Gasteiger partial charge in [-0.3, -0.25) is 14.4 Å². The van der Waals surface area contributed by atoms with Crippen LogP contribution >= 0.6 is 11.8 Å². The van der Waals surface area contributed by atoms with Crippen molar-refractivity contribution < 1.29 is 37.5 Å². The van der Waals surface area contributed by atoms with E-state index in [1.165, 1.54) is 16.7 Å². The molecule has 5 N–H and O–H groups in total. The molecule has 4 aliphatic rings. The van der Waals surface area contributed by atoms with Crippen LogP contribution in [0.4, 0.5) is 13.2 Å². The number of carbonyl (C=O) groups is 4. The van der Waals surface area contributed by atoms with Gasteiger partial charge in [0.2, 0.25) is 17.7 Å². The fourth-order valence-corrected chi connectivity index (χ4v) is 7.49. The number of nitrogens with zero attached hydrogens (tertiary/aromatic N) is 6. The van der Waals surface area contributed by atoms with Gasteiger partial charge in [0.15, 0.2) is 0 Å². The molecule has 0 aliphatic carbocycles. The number of nitrogens with two attached hydrogens (primary N) is 1. The Morgan fingerprint density at radius 1 is 1.32 bits per heavy atom. The molecular formula is C23H30F3N9O5S. The summed E-state index contributed by atoms with van der Waals surface area (Å²) in [5.41, 5.74) is 5.83. The average Bonchev–Trinajstić information content (AvgIpc) is 3.66. The number of carboxylic acid groups (broad SMARTS) is 1. The minimum absolute atomic E-state index is 0.0210. The molecule has 1 aromatic heterocycles. The van der Waals surface area contributed by atoms with Crippen molar-refractivity contribution in [2.45, 2.75) is 68.8 Å². The van der Waals surface area contributed by atoms with E-state index in [0.29, 0.717) is 35.8 Å². The number of β-lactam (4-membered cyclic amide) rings is 1. The van der Waals surface area contributed by atoms with E-state index in [4.69, 9.17) is 5.73 Å². The first-order valence-corrected chi connectivity index (χ1v) is 14.0. The van der Waals surface area contributed by atoms with E-state index in [1.54, 1.807) is 11.8 Å². The number of halogens is 3. The van der Waals surface area contributed by atoms with E-state index in [1.807, 2.05) is 6.92 Å². The van der Waals surface area contributed by atoms with Gasteiger partial charge in [-0.25, -0.2) is 4.79 Å². The Kier molecular flexibility index (Phi) is 7.75. The number of aliphatic carboxylic acids is 1. The molecule has 0 aromatic carbocycles. The summed E-state index contributed by atoms with van der Waals surface area (Å²) < 4.78 is 38.1. The molecule has 7 atom stereocenters. The summed E-state index contributed by atoms with van der Waals surface area (Å²) in [6.45, 7) is 4.37. The number of tetrazole rings is 1. The first-order chi connectivity index (χ1) is 19.3. The second kappa shape index (κ2) is 10.9. The van der Waals surface area contributed by atoms with Crippen molar-refractivity contribution >= 4 is 35.5 Å². The summed E-state index contributed by atoms with van der Waals surface area (Å²) in [5, 5.41) is 25.0. The fraction of sp³-hybridized carbons (Fsp3) is 0.696. The zero-order valence-electron chi connectivity index (χ0n) is 22.2. The lowest BCUT2D eigenvalue weighted by Crippen LogP contribution is -2.66. The van der Waals surface area contributed by atoms with Crippen molar-refractivity contribution in [1.82, 2.24) is 40.6 Å². The second-order valence-electron chi connectivity index (χ2n) is 10.8. The number of likely N-dealkylation sites (tertiary alicyclic amines) is 1. The normalized spacial score (nSPS) is 30.4. The Hall–Kier alpha value is -3.25. The summed E-state index contributed by atoms with van der Waals surface area (Å²) in [6, 6.07) is -1.69. The van der Waals surface area contributed by atoms with Gasteiger partial charge in [-0.1, -0.05) is 6.92 Å². The molecule has 0 radical (unpaired) electrons. The molecule has 4 aliphatic heterocycles. The van der Waals surface area contributed by atoms with Crippen LogP contribution in [0, 0.1) is 11.8 Å². The first kappa shape index (κ1) is 29.2. The van der Waals surface area contributed by atoms with E-state index >= 15 is 0 Å². The van der Waals surface area contributed by atoms with E-state index < -0.39 is 60.4 Å². The molecule has 0 spiro atoms. The highest BCUT2D eigenvalue weighted by atomic mass is 32.2. The van der Waals surface area contributed by atoms with Crippen LogP contribution in [-0.2, 0) is 31.9 Å². The van der Waals surface area contributed by atoms with Gasteiger partial charge in [0.05, 0.1) is 18.0 Å². The number of rotatable bonds is 8. The van der Waals surface area contributed by atoms with E-state index in [2.05, 4.69) is 26.0 Å². The number of nitrogens with one attached hydrogen (secondary N) is 2. The minimum Gasteiger partial charge on any atom is -0.477 e. The SMILES string of the molecule is C[C@@H](NC(=O)Cn1nnc(C(F)(F)F)n1)[C@H]1C(=O)N2C(C(=O)O)=C(S[C@@H]3CNC(C(=O)N4CCC(N)C4)C3)[C@H](C)[C@H]12. The number of aromatic nitrogens is 4. The predicted octanol–water partition coefficient (Wildman–Crippen LogP) is -1.01. The molecule has 18 heteroatoms. The molecule has 2 unspecified atom stereocenters. The summed E-state index contributed by atoms with van der Waals surface area (Å²) in [4.78, 5) is 54.8. The van der Waals surface area contributed by atoms with Crippen LogP contribution < -0.4 is 16.4 Å². The van der Waals surface area contributed by atoms with Gasteiger partial charge in [-0.05, 0) is 25.0 Å². The molecule has 0 saturated carbocycles. The maximum absolute atomic E-state index is 13.1. The maximum atomic E-state index is 13.1. The number of fused-ring (bicyclic) bond motifs is 1. The summed E-state index contributed by atoms with van der Waals surface area (Å²) in [5.74, 6) is -5.04. The highest BCUT2D eigenvalue weighted by molar-refractivity contribution is 8.03. The molecule has 5 heterocycles. The van der Waals surface area contributed by atoms with Crippen LogP contribution in [0.3, 0.4) is 0 Å².